The molecule has 3 rings (SSSR count). The molecule has 0 aromatic heterocycles. The fourth-order valence-electron chi connectivity index (χ4n) is 5.80. The summed E-state index contributed by atoms with van der Waals surface area (Å²) >= 11 is 0. The minimum Gasteiger partial charge on any atom is -0.466 e. The predicted molar refractivity (Wildman–Crippen MR) is 109 cm³/mol. The molecule has 6 atom stereocenters. The zero-order valence-electron chi connectivity index (χ0n) is 18.8. The first kappa shape index (κ1) is 23.0. The van der Waals surface area contributed by atoms with Crippen LogP contribution in [0.3, 0.4) is 0 Å². The van der Waals surface area contributed by atoms with Crippen molar-refractivity contribution in [3.63, 3.8) is 0 Å². The molecule has 1 spiro atoms. The minimum absolute atomic E-state index is 0.0136. The first-order chi connectivity index (χ1) is 14.1. The molecule has 3 aliphatic heterocycles. The number of unbranched alkanes of at least 4 members (excludes halogenated alkanes) is 2. The van der Waals surface area contributed by atoms with Crippen molar-refractivity contribution in [1.29, 1.82) is 0 Å². The Morgan fingerprint density at radius 1 is 1.33 bits per heavy atom. The van der Waals surface area contributed by atoms with E-state index in [9.17, 15) is 14.4 Å². The lowest BCUT2D eigenvalue weighted by Crippen LogP contribution is -2.56. The lowest BCUT2D eigenvalue weighted by atomic mass is 9.62. The summed E-state index contributed by atoms with van der Waals surface area (Å²) in [6.07, 6.45) is 2.64. The molecule has 8 heteroatoms. The minimum atomic E-state index is -1.02. The number of carbonyl (C=O) groups excluding carboxylic acids is 3. The van der Waals surface area contributed by atoms with E-state index in [0.717, 1.165) is 6.42 Å². The molecule has 2 amide bonds. The van der Waals surface area contributed by atoms with Crippen LogP contribution < -0.4 is 5.32 Å². The number of nitrogens with zero attached hydrogens (tertiary/aromatic N) is 1. The number of aliphatic hydroxyl groups is 1. The van der Waals surface area contributed by atoms with Crippen molar-refractivity contribution in [2.24, 2.45) is 17.8 Å². The van der Waals surface area contributed by atoms with Crippen molar-refractivity contribution in [3.05, 3.63) is 0 Å². The Morgan fingerprint density at radius 2 is 2.03 bits per heavy atom. The van der Waals surface area contributed by atoms with Gasteiger partial charge in [0.1, 0.15) is 17.6 Å². The third kappa shape index (κ3) is 3.42. The first-order valence-corrected chi connectivity index (χ1v) is 11.2. The number of hydrogen-bond donors (Lipinski definition) is 2. The number of amides is 2. The molecule has 170 valence electrons. The van der Waals surface area contributed by atoms with Gasteiger partial charge in [0.25, 0.3) is 0 Å². The molecule has 3 saturated heterocycles. The summed E-state index contributed by atoms with van der Waals surface area (Å²) in [5, 5.41) is 12.0. The molecular weight excluding hydrogens is 388 g/mol. The summed E-state index contributed by atoms with van der Waals surface area (Å²) in [4.78, 5) is 41.5. The Kier molecular flexibility index (Phi) is 6.49. The molecule has 2 bridgehead atoms. The third-order valence-electron chi connectivity index (χ3n) is 7.09. The van der Waals surface area contributed by atoms with E-state index in [-0.39, 0.29) is 37.0 Å². The van der Waals surface area contributed by atoms with Gasteiger partial charge in [-0.3, -0.25) is 14.4 Å². The Morgan fingerprint density at radius 3 is 2.63 bits per heavy atom. The van der Waals surface area contributed by atoms with Crippen molar-refractivity contribution in [1.82, 2.24) is 10.2 Å². The van der Waals surface area contributed by atoms with E-state index in [4.69, 9.17) is 14.6 Å². The van der Waals surface area contributed by atoms with Gasteiger partial charge in [0.2, 0.25) is 11.8 Å². The summed E-state index contributed by atoms with van der Waals surface area (Å²) < 4.78 is 11.9. The molecule has 0 saturated carbocycles. The number of hydrogen-bond acceptors (Lipinski definition) is 6. The third-order valence-corrected chi connectivity index (χ3v) is 7.09. The van der Waals surface area contributed by atoms with Crippen LogP contribution >= 0.6 is 0 Å². The van der Waals surface area contributed by atoms with Crippen LogP contribution in [0.1, 0.15) is 60.3 Å². The van der Waals surface area contributed by atoms with Gasteiger partial charge in [-0.15, -0.1) is 0 Å². The molecule has 0 aliphatic carbocycles. The highest BCUT2D eigenvalue weighted by Crippen LogP contribution is 2.65. The largest absolute Gasteiger partial charge is 0.466 e. The number of rotatable bonds is 9. The van der Waals surface area contributed by atoms with E-state index in [1.807, 2.05) is 27.7 Å². The van der Waals surface area contributed by atoms with Crippen molar-refractivity contribution >= 4 is 17.8 Å². The smallest absolute Gasteiger partial charge is 0.312 e. The Hall–Kier alpha value is -1.67. The fourth-order valence-corrected chi connectivity index (χ4v) is 5.80. The predicted octanol–water partition coefficient (Wildman–Crippen LogP) is 1.25. The Labute approximate surface area is 178 Å². The molecule has 0 aromatic rings. The van der Waals surface area contributed by atoms with Gasteiger partial charge in [-0.25, -0.2) is 0 Å². The maximum Gasteiger partial charge on any atom is 0.312 e. The lowest BCUT2D eigenvalue weighted by Gasteiger charge is -2.35. The molecular formula is C22H36N2O6. The van der Waals surface area contributed by atoms with E-state index < -0.39 is 35.0 Å². The second-order valence-electron chi connectivity index (χ2n) is 9.44. The van der Waals surface area contributed by atoms with Gasteiger partial charge in [-0.2, -0.15) is 0 Å². The topological polar surface area (TPSA) is 105 Å². The molecule has 3 fully saturated rings. The van der Waals surface area contributed by atoms with Gasteiger partial charge >= 0.3 is 5.97 Å². The second kappa shape index (κ2) is 8.46. The van der Waals surface area contributed by atoms with Crippen molar-refractivity contribution in [2.75, 3.05) is 19.8 Å². The highest BCUT2D eigenvalue weighted by molar-refractivity contribution is 5.98. The standard InChI is InChI=1S/C22H36N2O6/c1-6-29-20(28)16-15-19(27)24(10-8-7-9-11-25)17(18(26)23-13(2)3)22(15)12-14(4)21(16,5)30-22/h13-17,25H,6-12H2,1-5H3,(H,23,26)/t14?,15-,16+,17?,21-,22?/m0/s1. The normalized spacial score (nSPS) is 37.0. The van der Waals surface area contributed by atoms with Gasteiger partial charge in [-0.05, 0) is 59.3 Å². The molecule has 3 heterocycles. The molecule has 3 unspecified atom stereocenters. The molecule has 0 aromatic carbocycles. The van der Waals surface area contributed by atoms with Crippen LogP contribution in [0.2, 0.25) is 0 Å². The van der Waals surface area contributed by atoms with Gasteiger partial charge in [0.05, 0.1) is 18.1 Å². The van der Waals surface area contributed by atoms with Gasteiger partial charge in [0, 0.05) is 19.2 Å². The number of ether oxygens (including phenoxy) is 2. The van der Waals surface area contributed by atoms with E-state index in [1.165, 1.54) is 0 Å². The van der Waals surface area contributed by atoms with Crippen molar-refractivity contribution in [3.8, 4) is 0 Å². The molecule has 0 radical (unpaired) electrons. The summed E-state index contributed by atoms with van der Waals surface area (Å²) in [6.45, 7) is 10.1. The number of esters is 1. The highest BCUT2D eigenvalue weighted by Gasteiger charge is 2.80. The molecule has 3 aliphatic rings. The zero-order chi connectivity index (χ0) is 22.3. The van der Waals surface area contributed by atoms with Crippen LogP contribution in [0, 0.1) is 17.8 Å². The summed E-state index contributed by atoms with van der Waals surface area (Å²) in [7, 11) is 0. The van der Waals surface area contributed by atoms with Crippen molar-refractivity contribution < 1.29 is 29.0 Å². The fraction of sp³-hybridized carbons (Fsp3) is 0.864. The lowest BCUT2D eigenvalue weighted by molar-refractivity contribution is -0.161. The molecule has 2 N–H and O–H groups in total. The van der Waals surface area contributed by atoms with Gasteiger partial charge < -0.3 is 24.8 Å². The first-order valence-electron chi connectivity index (χ1n) is 11.2. The van der Waals surface area contributed by atoms with Crippen LogP contribution in [0.15, 0.2) is 0 Å². The van der Waals surface area contributed by atoms with Crippen LogP contribution in [-0.4, -0.2) is 70.8 Å². The number of aliphatic hydroxyl groups excluding tert-OH is 1. The molecule has 30 heavy (non-hydrogen) atoms. The van der Waals surface area contributed by atoms with Crippen molar-refractivity contribution in [2.45, 2.75) is 83.6 Å². The van der Waals surface area contributed by atoms with E-state index >= 15 is 0 Å². The Bertz CT molecular complexity index is 697. The number of nitrogens with one attached hydrogen (secondary N) is 1. The quantitative estimate of drug-likeness (QED) is 0.426. The summed E-state index contributed by atoms with van der Waals surface area (Å²) in [6, 6.07) is -0.845. The zero-order valence-corrected chi connectivity index (χ0v) is 18.8. The summed E-state index contributed by atoms with van der Waals surface area (Å²) in [5.41, 5.74) is -1.84. The number of fused-ring (bicyclic) bond motifs is 1. The van der Waals surface area contributed by atoms with E-state index in [2.05, 4.69) is 5.32 Å². The monoisotopic (exact) mass is 424 g/mol. The van der Waals surface area contributed by atoms with Crippen LogP contribution in [0.5, 0.6) is 0 Å². The van der Waals surface area contributed by atoms with Gasteiger partial charge in [0.15, 0.2) is 0 Å². The van der Waals surface area contributed by atoms with Gasteiger partial charge in [-0.1, -0.05) is 6.92 Å². The molecule has 8 nitrogen and oxygen atoms in total. The van der Waals surface area contributed by atoms with Crippen LogP contribution in [0.25, 0.3) is 0 Å². The average Bonchev–Trinajstić information content (AvgIpc) is 3.16. The maximum absolute atomic E-state index is 13.6. The van der Waals surface area contributed by atoms with Crippen LogP contribution in [0.4, 0.5) is 0 Å². The summed E-state index contributed by atoms with van der Waals surface area (Å²) in [5.74, 6) is -2.26. The highest BCUT2D eigenvalue weighted by atomic mass is 16.6. The Balaban J connectivity index is 1.99. The van der Waals surface area contributed by atoms with E-state index in [0.29, 0.717) is 25.8 Å². The number of likely N-dealkylation sites (tertiary alicyclic amines) is 1. The SMILES string of the molecule is CCOC(=O)[C@H]1[C@H]2C(=O)N(CCCCCO)C(C(=O)NC(C)C)C23CC(C)[C@]1(C)O3. The number of carbonyl (C=O) groups is 3. The van der Waals surface area contributed by atoms with Crippen LogP contribution in [-0.2, 0) is 23.9 Å². The average molecular weight is 425 g/mol. The second-order valence-corrected chi connectivity index (χ2v) is 9.44. The maximum atomic E-state index is 13.6. The van der Waals surface area contributed by atoms with E-state index in [1.54, 1.807) is 11.8 Å².